The van der Waals surface area contributed by atoms with E-state index in [4.69, 9.17) is 5.73 Å². The molecule has 3 heterocycles. The average Bonchev–Trinajstić information content (AvgIpc) is 3.43. The summed E-state index contributed by atoms with van der Waals surface area (Å²) in [6.07, 6.45) is 9.44. The molecule has 0 amide bonds. The highest BCUT2D eigenvalue weighted by Crippen LogP contribution is 2.38. The van der Waals surface area contributed by atoms with Crippen molar-refractivity contribution in [3.63, 3.8) is 0 Å². The van der Waals surface area contributed by atoms with Crippen LogP contribution in [0.15, 0.2) is 36.7 Å². The van der Waals surface area contributed by atoms with Crippen molar-refractivity contribution in [2.45, 2.75) is 31.7 Å². The first-order valence-electron chi connectivity index (χ1n) is 8.23. The van der Waals surface area contributed by atoms with Crippen molar-refractivity contribution in [3.05, 3.63) is 53.8 Å². The molecule has 1 fully saturated rings. The zero-order valence-electron chi connectivity index (χ0n) is 13.2. The van der Waals surface area contributed by atoms with Crippen molar-refractivity contribution in [3.8, 4) is 0 Å². The van der Waals surface area contributed by atoms with Gasteiger partial charge in [0.25, 0.3) is 0 Å². The zero-order valence-corrected chi connectivity index (χ0v) is 13.2. The monoisotopic (exact) mass is 307 g/mol. The maximum Gasteiger partial charge on any atom is 0.133 e. The van der Waals surface area contributed by atoms with Crippen LogP contribution in [0.1, 0.15) is 42.3 Å². The number of nitrogens with two attached hydrogens (primary N) is 1. The zero-order chi connectivity index (χ0) is 15.6. The van der Waals surface area contributed by atoms with Gasteiger partial charge in [0.1, 0.15) is 11.6 Å². The van der Waals surface area contributed by atoms with Gasteiger partial charge in [-0.3, -0.25) is 9.88 Å². The maximum absolute atomic E-state index is 6.12. The molecule has 2 aromatic heterocycles. The largest absolute Gasteiger partial charge is 0.383 e. The Morgan fingerprint density at radius 3 is 2.78 bits per heavy atom. The lowest BCUT2D eigenvalue weighted by atomic mass is 10.0. The van der Waals surface area contributed by atoms with E-state index in [2.05, 4.69) is 32.0 Å². The van der Waals surface area contributed by atoms with E-state index >= 15 is 0 Å². The first-order valence-corrected chi connectivity index (χ1v) is 8.23. The molecule has 23 heavy (non-hydrogen) atoms. The van der Waals surface area contributed by atoms with Gasteiger partial charge in [-0.25, -0.2) is 9.97 Å². The lowest BCUT2D eigenvalue weighted by Crippen LogP contribution is -2.28. The van der Waals surface area contributed by atoms with E-state index in [0.29, 0.717) is 11.7 Å². The molecule has 2 N–H and O–H groups in total. The van der Waals surface area contributed by atoms with Gasteiger partial charge in [-0.2, -0.15) is 0 Å². The van der Waals surface area contributed by atoms with Crippen LogP contribution in [0.5, 0.6) is 0 Å². The third-order valence-electron chi connectivity index (χ3n) is 4.54. The number of hydrogen-bond donors (Lipinski definition) is 1. The summed E-state index contributed by atoms with van der Waals surface area (Å²) in [5.41, 5.74) is 9.57. The topological polar surface area (TPSA) is 67.9 Å². The fraction of sp³-hybridized carbons (Fsp3) is 0.389. The molecule has 0 spiro atoms. The van der Waals surface area contributed by atoms with Crippen LogP contribution in [0.3, 0.4) is 0 Å². The number of rotatable bonds is 4. The molecule has 0 saturated heterocycles. The molecular weight excluding hydrogens is 286 g/mol. The molecule has 118 valence electrons. The van der Waals surface area contributed by atoms with E-state index < -0.39 is 0 Å². The molecule has 2 aliphatic rings. The second-order valence-electron chi connectivity index (χ2n) is 6.34. The Kier molecular flexibility index (Phi) is 3.79. The van der Waals surface area contributed by atoms with E-state index in [1.807, 2.05) is 24.5 Å². The van der Waals surface area contributed by atoms with Crippen molar-refractivity contribution < 1.29 is 0 Å². The average molecular weight is 307 g/mol. The highest BCUT2D eigenvalue weighted by atomic mass is 15.1. The lowest BCUT2D eigenvalue weighted by Gasteiger charge is -2.26. The molecule has 4 rings (SSSR count). The van der Waals surface area contributed by atoms with Crippen molar-refractivity contribution in [2.24, 2.45) is 0 Å². The van der Waals surface area contributed by atoms with Crippen LogP contribution in [0, 0.1) is 0 Å². The third-order valence-corrected chi connectivity index (χ3v) is 4.54. The first kappa shape index (κ1) is 14.3. The van der Waals surface area contributed by atoms with Crippen molar-refractivity contribution >= 4 is 11.4 Å². The van der Waals surface area contributed by atoms with Gasteiger partial charge in [-0.1, -0.05) is 12.1 Å². The number of nitrogens with zero attached hydrogens (tertiary/aromatic N) is 4. The molecular formula is C18H21N5. The van der Waals surface area contributed by atoms with Gasteiger partial charge < -0.3 is 5.73 Å². The minimum absolute atomic E-state index is 0.546. The Hall–Kier alpha value is -2.27. The SMILES string of the molecule is Nc1nc(C2CC2)ncc1CN1CC=C(c2ccccn2)CC1. The molecule has 0 aromatic carbocycles. The van der Waals surface area contributed by atoms with Crippen LogP contribution < -0.4 is 5.73 Å². The minimum Gasteiger partial charge on any atom is -0.383 e. The molecule has 0 radical (unpaired) electrons. The molecule has 0 atom stereocenters. The van der Waals surface area contributed by atoms with Gasteiger partial charge in [0.15, 0.2) is 0 Å². The predicted octanol–water partition coefficient (Wildman–Crippen LogP) is 2.62. The second-order valence-corrected chi connectivity index (χ2v) is 6.34. The molecule has 0 unspecified atom stereocenters. The summed E-state index contributed by atoms with van der Waals surface area (Å²) >= 11 is 0. The molecule has 5 nitrogen and oxygen atoms in total. The van der Waals surface area contributed by atoms with E-state index in [0.717, 1.165) is 43.1 Å². The van der Waals surface area contributed by atoms with Gasteiger partial charge in [0, 0.05) is 43.5 Å². The van der Waals surface area contributed by atoms with Crippen LogP contribution >= 0.6 is 0 Å². The first-order chi connectivity index (χ1) is 11.3. The fourth-order valence-electron chi connectivity index (χ4n) is 2.98. The molecule has 1 aliphatic heterocycles. The quantitative estimate of drug-likeness (QED) is 0.940. The van der Waals surface area contributed by atoms with Crippen LogP contribution in [0.4, 0.5) is 5.82 Å². The minimum atomic E-state index is 0.546. The van der Waals surface area contributed by atoms with Crippen molar-refractivity contribution in [1.29, 1.82) is 0 Å². The van der Waals surface area contributed by atoms with Crippen LogP contribution in [-0.2, 0) is 6.54 Å². The van der Waals surface area contributed by atoms with Crippen LogP contribution in [-0.4, -0.2) is 32.9 Å². The fourth-order valence-corrected chi connectivity index (χ4v) is 2.98. The Labute approximate surface area is 136 Å². The third kappa shape index (κ3) is 3.24. The van der Waals surface area contributed by atoms with Gasteiger partial charge >= 0.3 is 0 Å². The summed E-state index contributed by atoms with van der Waals surface area (Å²) in [5, 5.41) is 0. The summed E-state index contributed by atoms with van der Waals surface area (Å²) in [4.78, 5) is 15.8. The Morgan fingerprint density at radius 2 is 2.13 bits per heavy atom. The van der Waals surface area contributed by atoms with Crippen LogP contribution in [0.25, 0.3) is 5.57 Å². The predicted molar refractivity (Wildman–Crippen MR) is 90.5 cm³/mol. The molecule has 1 saturated carbocycles. The highest BCUT2D eigenvalue weighted by Gasteiger charge is 2.27. The van der Waals surface area contributed by atoms with Crippen molar-refractivity contribution in [2.75, 3.05) is 18.8 Å². The number of pyridine rings is 1. The van der Waals surface area contributed by atoms with E-state index in [1.54, 1.807) is 0 Å². The lowest BCUT2D eigenvalue weighted by molar-refractivity contribution is 0.293. The number of aromatic nitrogens is 3. The number of nitrogen functional groups attached to an aromatic ring is 1. The molecule has 5 heteroatoms. The van der Waals surface area contributed by atoms with E-state index in [9.17, 15) is 0 Å². The highest BCUT2D eigenvalue weighted by molar-refractivity contribution is 5.63. The normalized spacial score (nSPS) is 18.7. The Balaban J connectivity index is 1.42. The Morgan fingerprint density at radius 1 is 1.22 bits per heavy atom. The number of anilines is 1. The van der Waals surface area contributed by atoms with E-state index in [-0.39, 0.29) is 0 Å². The smallest absolute Gasteiger partial charge is 0.133 e. The standard InChI is InChI=1S/C18H21N5/c19-17-15(11-21-18(22-17)14-4-5-14)12-23-9-6-13(7-10-23)16-3-1-2-8-20-16/h1-3,6,8,11,14H,4-5,7,9-10,12H2,(H2,19,21,22). The van der Waals surface area contributed by atoms with Gasteiger partial charge in [-0.05, 0) is 37.0 Å². The van der Waals surface area contributed by atoms with Gasteiger partial charge in [-0.15, -0.1) is 0 Å². The summed E-state index contributed by atoms with van der Waals surface area (Å²) in [7, 11) is 0. The summed E-state index contributed by atoms with van der Waals surface area (Å²) in [6, 6.07) is 6.06. The number of hydrogen-bond acceptors (Lipinski definition) is 5. The second kappa shape index (κ2) is 6.08. The van der Waals surface area contributed by atoms with Crippen molar-refractivity contribution in [1.82, 2.24) is 19.9 Å². The Bertz CT molecular complexity index is 721. The van der Waals surface area contributed by atoms with Gasteiger partial charge in [0.05, 0.1) is 5.69 Å². The summed E-state index contributed by atoms with van der Waals surface area (Å²) in [6.45, 7) is 2.73. The van der Waals surface area contributed by atoms with Crippen LogP contribution in [0.2, 0.25) is 0 Å². The maximum atomic E-state index is 6.12. The molecule has 1 aliphatic carbocycles. The van der Waals surface area contributed by atoms with Gasteiger partial charge in [0.2, 0.25) is 0 Å². The summed E-state index contributed by atoms with van der Waals surface area (Å²) < 4.78 is 0. The summed E-state index contributed by atoms with van der Waals surface area (Å²) in [5.74, 6) is 2.11. The van der Waals surface area contributed by atoms with E-state index in [1.165, 1.54) is 18.4 Å². The molecule has 2 aromatic rings. The molecule has 0 bridgehead atoms.